The number of benzene rings is 2. The van der Waals surface area contributed by atoms with Crippen molar-refractivity contribution in [1.29, 1.82) is 0 Å². The standard InChI is InChI=1S/C22H26BrCl2N3O4S/c1-14(2)26-22(30)15(3)27(12-16-5-7-17(23)8-6-16)21(29)13-28(33(4,31)32)20-11-18(24)9-10-19(20)25/h5-11,14-15H,12-13H2,1-4H3,(H,26,30)/t15-/m0/s1. The Morgan fingerprint density at radius 3 is 2.21 bits per heavy atom. The van der Waals surface area contributed by atoms with E-state index in [9.17, 15) is 18.0 Å². The predicted molar refractivity (Wildman–Crippen MR) is 136 cm³/mol. The summed E-state index contributed by atoms with van der Waals surface area (Å²) in [7, 11) is -3.89. The quantitative estimate of drug-likeness (QED) is 0.476. The maximum atomic E-state index is 13.4. The molecular weight excluding hydrogens is 553 g/mol. The lowest BCUT2D eigenvalue weighted by atomic mass is 10.1. The van der Waals surface area contributed by atoms with Crippen LogP contribution in [0.1, 0.15) is 26.3 Å². The minimum atomic E-state index is -3.89. The van der Waals surface area contributed by atoms with Crippen LogP contribution in [0.2, 0.25) is 10.0 Å². The zero-order valence-corrected chi connectivity index (χ0v) is 22.6. The maximum absolute atomic E-state index is 13.4. The molecule has 1 atom stereocenters. The number of anilines is 1. The van der Waals surface area contributed by atoms with Crippen LogP contribution in [0, 0.1) is 0 Å². The van der Waals surface area contributed by atoms with Crippen molar-refractivity contribution in [2.24, 2.45) is 0 Å². The zero-order valence-electron chi connectivity index (χ0n) is 18.7. The molecule has 7 nitrogen and oxygen atoms in total. The summed E-state index contributed by atoms with van der Waals surface area (Å²) in [6, 6.07) is 10.7. The third-order valence-electron chi connectivity index (χ3n) is 4.72. The van der Waals surface area contributed by atoms with Crippen molar-refractivity contribution in [1.82, 2.24) is 10.2 Å². The fourth-order valence-electron chi connectivity index (χ4n) is 3.05. The highest BCUT2D eigenvalue weighted by molar-refractivity contribution is 9.10. The minimum absolute atomic E-state index is 0.0860. The summed E-state index contributed by atoms with van der Waals surface area (Å²) in [6.45, 7) is 4.80. The summed E-state index contributed by atoms with van der Waals surface area (Å²) in [4.78, 5) is 27.5. The van der Waals surface area contributed by atoms with Crippen LogP contribution in [0.15, 0.2) is 46.9 Å². The second-order valence-electron chi connectivity index (χ2n) is 7.85. The second-order valence-corrected chi connectivity index (χ2v) is 11.5. The van der Waals surface area contributed by atoms with E-state index in [2.05, 4.69) is 21.2 Å². The Hall–Kier alpha value is -1.81. The van der Waals surface area contributed by atoms with Gasteiger partial charge in [0.1, 0.15) is 12.6 Å². The molecule has 2 rings (SSSR count). The largest absolute Gasteiger partial charge is 0.352 e. The fourth-order valence-corrected chi connectivity index (χ4v) is 4.60. The first-order valence-electron chi connectivity index (χ1n) is 10.1. The molecule has 11 heteroatoms. The number of carbonyl (C=O) groups excluding carboxylic acids is 2. The maximum Gasteiger partial charge on any atom is 0.244 e. The van der Waals surface area contributed by atoms with Crippen LogP contribution >= 0.6 is 39.1 Å². The van der Waals surface area contributed by atoms with Crippen molar-refractivity contribution in [2.45, 2.75) is 39.4 Å². The highest BCUT2D eigenvalue weighted by Crippen LogP contribution is 2.31. The Bertz CT molecular complexity index is 1110. The van der Waals surface area contributed by atoms with E-state index in [1.54, 1.807) is 6.92 Å². The Balaban J connectivity index is 2.42. The van der Waals surface area contributed by atoms with Gasteiger partial charge in [-0.25, -0.2) is 8.42 Å². The van der Waals surface area contributed by atoms with Crippen LogP contribution in [0.5, 0.6) is 0 Å². The smallest absolute Gasteiger partial charge is 0.244 e. The minimum Gasteiger partial charge on any atom is -0.352 e. The van der Waals surface area contributed by atoms with Gasteiger partial charge in [-0.15, -0.1) is 0 Å². The van der Waals surface area contributed by atoms with Gasteiger partial charge in [-0.1, -0.05) is 51.3 Å². The van der Waals surface area contributed by atoms with Gasteiger partial charge in [0.25, 0.3) is 0 Å². The first-order chi connectivity index (χ1) is 15.3. The molecule has 0 bridgehead atoms. The van der Waals surface area contributed by atoms with Gasteiger partial charge in [0.05, 0.1) is 17.0 Å². The highest BCUT2D eigenvalue weighted by atomic mass is 79.9. The van der Waals surface area contributed by atoms with E-state index in [1.807, 2.05) is 38.1 Å². The number of nitrogens with zero attached hydrogens (tertiary/aromatic N) is 2. The molecule has 0 heterocycles. The van der Waals surface area contributed by atoms with Crippen molar-refractivity contribution in [3.05, 3.63) is 62.5 Å². The van der Waals surface area contributed by atoms with Crippen molar-refractivity contribution < 1.29 is 18.0 Å². The summed E-state index contributed by atoms with van der Waals surface area (Å²) < 4.78 is 26.9. The van der Waals surface area contributed by atoms with Gasteiger partial charge >= 0.3 is 0 Å². The topological polar surface area (TPSA) is 86.8 Å². The van der Waals surface area contributed by atoms with Gasteiger partial charge in [-0.2, -0.15) is 0 Å². The summed E-state index contributed by atoms with van der Waals surface area (Å²) in [5.74, 6) is -0.909. The molecule has 33 heavy (non-hydrogen) atoms. The van der Waals surface area contributed by atoms with E-state index in [1.165, 1.54) is 23.1 Å². The lowest BCUT2D eigenvalue weighted by Crippen LogP contribution is -2.52. The number of rotatable bonds is 9. The van der Waals surface area contributed by atoms with Gasteiger partial charge in [0.2, 0.25) is 21.8 Å². The Morgan fingerprint density at radius 2 is 1.67 bits per heavy atom. The molecule has 0 saturated carbocycles. The van der Waals surface area contributed by atoms with Crippen molar-refractivity contribution >= 4 is 66.7 Å². The van der Waals surface area contributed by atoms with Gasteiger partial charge < -0.3 is 10.2 Å². The molecule has 0 unspecified atom stereocenters. The average molecular weight is 579 g/mol. The van der Waals surface area contributed by atoms with Crippen LogP contribution in [-0.4, -0.2) is 50.0 Å². The van der Waals surface area contributed by atoms with Gasteiger partial charge in [-0.05, 0) is 56.7 Å². The first-order valence-corrected chi connectivity index (χ1v) is 13.5. The molecule has 0 radical (unpaired) electrons. The number of carbonyl (C=O) groups is 2. The number of halogens is 3. The molecule has 0 aliphatic rings. The second kappa shape index (κ2) is 11.6. The molecule has 0 aliphatic heterocycles. The molecule has 2 amide bonds. The highest BCUT2D eigenvalue weighted by Gasteiger charge is 2.31. The van der Waals surface area contributed by atoms with E-state index in [4.69, 9.17) is 23.2 Å². The summed E-state index contributed by atoms with van der Waals surface area (Å²) in [6.07, 6.45) is 0.978. The Morgan fingerprint density at radius 1 is 1.06 bits per heavy atom. The van der Waals surface area contributed by atoms with E-state index < -0.39 is 28.5 Å². The van der Waals surface area contributed by atoms with E-state index in [0.29, 0.717) is 0 Å². The van der Waals surface area contributed by atoms with E-state index in [0.717, 1.165) is 20.6 Å². The molecule has 1 N–H and O–H groups in total. The van der Waals surface area contributed by atoms with Crippen LogP contribution < -0.4 is 9.62 Å². The monoisotopic (exact) mass is 577 g/mol. The molecule has 0 saturated heterocycles. The third-order valence-corrected chi connectivity index (χ3v) is 6.93. The summed E-state index contributed by atoms with van der Waals surface area (Å²) in [5.41, 5.74) is 0.866. The molecule has 2 aromatic carbocycles. The third kappa shape index (κ3) is 7.88. The number of sulfonamides is 1. The van der Waals surface area contributed by atoms with Crippen LogP contribution in [0.3, 0.4) is 0 Å². The molecule has 0 aromatic heterocycles. The average Bonchev–Trinajstić information content (AvgIpc) is 2.71. The molecule has 2 aromatic rings. The van der Waals surface area contributed by atoms with Crippen molar-refractivity contribution in [3.8, 4) is 0 Å². The van der Waals surface area contributed by atoms with Crippen LogP contribution in [-0.2, 0) is 26.2 Å². The van der Waals surface area contributed by atoms with Crippen molar-refractivity contribution in [3.63, 3.8) is 0 Å². The number of nitrogens with one attached hydrogen (secondary N) is 1. The summed E-state index contributed by atoms with van der Waals surface area (Å²) in [5, 5.41) is 3.19. The number of hydrogen-bond donors (Lipinski definition) is 1. The lowest BCUT2D eigenvalue weighted by Gasteiger charge is -2.32. The number of hydrogen-bond acceptors (Lipinski definition) is 4. The first kappa shape index (κ1) is 27.4. The predicted octanol–water partition coefficient (Wildman–Crippen LogP) is 4.46. The van der Waals surface area contributed by atoms with Crippen molar-refractivity contribution in [2.75, 3.05) is 17.1 Å². The zero-order chi connectivity index (χ0) is 24.9. The molecule has 0 fully saturated rings. The normalized spacial score (nSPS) is 12.4. The van der Waals surface area contributed by atoms with Gasteiger partial charge in [0, 0.05) is 22.1 Å². The van der Waals surface area contributed by atoms with E-state index >= 15 is 0 Å². The van der Waals surface area contributed by atoms with Gasteiger partial charge in [0.15, 0.2) is 0 Å². The lowest BCUT2D eigenvalue weighted by molar-refractivity contribution is -0.139. The van der Waals surface area contributed by atoms with Crippen LogP contribution in [0.4, 0.5) is 5.69 Å². The Labute approximate surface area is 213 Å². The molecular formula is C22H26BrCl2N3O4S. The van der Waals surface area contributed by atoms with Crippen LogP contribution in [0.25, 0.3) is 0 Å². The number of amides is 2. The molecule has 0 aliphatic carbocycles. The SMILES string of the molecule is CC(C)NC(=O)[C@H](C)N(Cc1ccc(Br)cc1)C(=O)CN(c1cc(Cl)ccc1Cl)S(C)(=O)=O. The Kier molecular flexibility index (Phi) is 9.60. The summed E-state index contributed by atoms with van der Waals surface area (Å²) >= 11 is 15.6. The van der Waals surface area contributed by atoms with Gasteiger partial charge in [-0.3, -0.25) is 13.9 Å². The van der Waals surface area contributed by atoms with E-state index in [-0.39, 0.29) is 34.2 Å². The molecule has 0 spiro atoms. The fraction of sp³-hybridized carbons (Fsp3) is 0.364. The molecule has 180 valence electrons.